The molecule has 0 bridgehead atoms. The van der Waals surface area contributed by atoms with Crippen LogP contribution in [0.3, 0.4) is 0 Å². The number of ether oxygens (including phenoxy) is 1. The van der Waals surface area contributed by atoms with Crippen molar-refractivity contribution in [1.82, 2.24) is 4.98 Å². The zero-order chi connectivity index (χ0) is 14.8. The molecular weight excluding hydrogens is 269 g/mol. The van der Waals surface area contributed by atoms with Gasteiger partial charge in [0.15, 0.2) is 0 Å². The van der Waals surface area contributed by atoms with Gasteiger partial charge in [-0.05, 0) is 30.2 Å². The Balaban J connectivity index is 2.22. The number of alkyl halides is 3. The van der Waals surface area contributed by atoms with Crippen LogP contribution in [0.2, 0.25) is 0 Å². The van der Waals surface area contributed by atoms with Crippen LogP contribution in [0.25, 0.3) is 0 Å². The van der Waals surface area contributed by atoms with Crippen molar-refractivity contribution >= 4 is 0 Å². The summed E-state index contributed by atoms with van der Waals surface area (Å²) < 4.78 is 42.7. The molecule has 0 spiro atoms. The lowest BCUT2D eigenvalue weighted by Crippen LogP contribution is -2.05. The van der Waals surface area contributed by atoms with Gasteiger partial charge in [-0.2, -0.15) is 13.2 Å². The SMILES string of the molecule is Cc1ccc(CN)cc1Oc1ccc(C(F)(F)F)cn1. The molecule has 0 aliphatic carbocycles. The van der Waals surface area contributed by atoms with Crippen molar-refractivity contribution in [3.05, 3.63) is 53.2 Å². The Morgan fingerprint density at radius 3 is 2.50 bits per heavy atom. The summed E-state index contributed by atoms with van der Waals surface area (Å²) in [7, 11) is 0. The lowest BCUT2D eigenvalue weighted by molar-refractivity contribution is -0.137. The van der Waals surface area contributed by atoms with Gasteiger partial charge in [0.2, 0.25) is 5.88 Å². The van der Waals surface area contributed by atoms with Crippen LogP contribution >= 0.6 is 0 Å². The predicted octanol–water partition coefficient (Wildman–Crippen LogP) is 3.66. The van der Waals surface area contributed by atoms with Crippen molar-refractivity contribution < 1.29 is 17.9 Å². The van der Waals surface area contributed by atoms with E-state index in [4.69, 9.17) is 10.5 Å². The van der Waals surface area contributed by atoms with E-state index < -0.39 is 11.7 Å². The first-order valence-electron chi connectivity index (χ1n) is 5.91. The van der Waals surface area contributed by atoms with E-state index in [0.29, 0.717) is 12.3 Å². The number of rotatable bonds is 3. The minimum absolute atomic E-state index is 0.107. The van der Waals surface area contributed by atoms with E-state index in [-0.39, 0.29) is 5.88 Å². The van der Waals surface area contributed by atoms with E-state index in [1.807, 2.05) is 19.1 Å². The molecule has 1 aromatic carbocycles. The zero-order valence-electron chi connectivity index (χ0n) is 10.7. The van der Waals surface area contributed by atoms with Gasteiger partial charge in [-0.15, -0.1) is 0 Å². The summed E-state index contributed by atoms with van der Waals surface area (Å²) in [6.45, 7) is 2.19. The maximum Gasteiger partial charge on any atom is 0.417 e. The van der Waals surface area contributed by atoms with Crippen LogP contribution in [0.1, 0.15) is 16.7 Å². The third kappa shape index (κ3) is 3.27. The number of pyridine rings is 1. The minimum atomic E-state index is -4.40. The maximum atomic E-state index is 12.4. The van der Waals surface area contributed by atoms with E-state index in [9.17, 15) is 13.2 Å². The molecule has 6 heteroatoms. The Kier molecular flexibility index (Phi) is 3.94. The Hall–Kier alpha value is -2.08. The molecule has 0 atom stereocenters. The van der Waals surface area contributed by atoms with Crippen LogP contribution in [-0.4, -0.2) is 4.98 Å². The number of nitrogens with zero attached hydrogens (tertiary/aromatic N) is 1. The average Bonchev–Trinajstić information content (AvgIpc) is 2.41. The number of aryl methyl sites for hydroxylation is 1. The van der Waals surface area contributed by atoms with E-state index in [1.54, 1.807) is 6.07 Å². The molecule has 2 rings (SSSR count). The summed E-state index contributed by atoms with van der Waals surface area (Å²) in [5.74, 6) is 0.635. The normalized spacial score (nSPS) is 11.4. The third-order valence-corrected chi connectivity index (χ3v) is 2.77. The van der Waals surface area contributed by atoms with E-state index in [2.05, 4.69) is 4.98 Å². The van der Waals surface area contributed by atoms with Gasteiger partial charge in [0.05, 0.1) is 5.56 Å². The van der Waals surface area contributed by atoms with E-state index >= 15 is 0 Å². The smallest absolute Gasteiger partial charge is 0.417 e. The summed E-state index contributed by atoms with van der Waals surface area (Å²) in [6.07, 6.45) is -3.65. The molecule has 2 N–H and O–H groups in total. The van der Waals surface area contributed by atoms with Crippen LogP contribution in [0.4, 0.5) is 13.2 Å². The highest BCUT2D eigenvalue weighted by molar-refractivity contribution is 5.39. The standard InChI is InChI=1S/C14H13F3N2O/c1-9-2-3-10(7-18)6-12(9)20-13-5-4-11(8-19-13)14(15,16)17/h2-6,8H,7,18H2,1H3. The molecule has 0 aliphatic rings. The van der Waals surface area contributed by atoms with Gasteiger partial charge in [0, 0.05) is 18.8 Å². The second kappa shape index (κ2) is 5.50. The molecule has 20 heavy (non-hydrogen) atoms. The average molecular weight is 282 g/mol. The monoisotopic (exact) mass is 282 g/mol. The first kappa shape index (κ1) is 14.3. The van der Waals surface area contributed by atoms with Crippen molar-refractivity contribution in [3.8, 4) is 11.6 Å². The molecule has 0 amide bonds. The van der Waals surface area contributed by atoms with Gasteiger partial charge in [-0.25, -0.2) is 4.98 Å². The largest absolute Gasteiger partial charge is 0.439 e. The number of hydrogen-bond donors (Lipinski definition) is 1. The first-order valence-corrected chi connectivity index (χ1v) is 5.91. The predicted molar refractivity (Wildman–Crippen MR) is 68.4 cm³/mol. The number of nitrogens with two attached hydrogens (primary N) is 1. The van der Waals surface area contributed by atoms with Crippen LogP contribution in [0, 0.1) is 6.92 Å². The van der Waals surface area contributed by atoms with Crippen molar-refractivity contribution in [1.29, 1.82) is 0 Å². The van der Waals surface area contributed by atoms with Crippen molar-refractivity contribution in [2.45, 2.75) is 19.6 Å². The Morgan fingerprint density at radius 2 is 1.95 bits per heavy atom. The van der Waals surface area contributed by atoms with Crippen LogP contribution < -0.4 is 10.5 Å². The molecule has 0 radical (unpaired) electrons. The molecule has 3 nitrogen and oxygen atoms in total. The molecule has 0 saturated carbocycles. The van der Waals surface area contributed by atoms with Crippen molar-refractivity contribution in [3.63, 3.8) is 0 Å². The minimum Gasteiger partial charge on any atom is -0.439 e. The lowest BCUT2D eigenvalue weighted by atomic mass is 10.1. The number of hydrogen-bond acceptors (Lipinski definition) is 3. The van der Waals surface area contributed by atoms with Gasteiger partial charge in [0.1, 0.15) is 5.75 Å². The molecular formula is C14H13F3N2O. The van der Waals surface area contributed by atoms with Crippen LogP contribution in [0.15, 0.2) is 36.5 Å². The summed E-state index contributed by atoms with van der Waals surface area (Å²) in [4.78, 5) is 3.66. The van der Waals surface area contributed by atoms with Crippen molar-refractivity contribution in [2.75, 3.05) is 0 Å². The van der Waals surface area contributed by atoms with Crippen molar-refractivity contribution in [2.24, 2.45) is 5.73 Å². The fourth-order valence-corrected chi connectivity index (χ4v) is 1.60. The Bertz CT molecular complexity index is 594. The van der Waals surface area contributed by atoms with E-state index in [0.717, 1.165) is 23.4 Å². The molecule has 0 saturated heterocycles. The molecule has 1 aromatic heterocycles. The summed E-state index contributed by atoms with van der Waals surface area (Å²) in [5.41, 5.74) is 6.45. The molecule has 0 aliphatic heterocycles. The van der Waals surface area contributed by atoms with Crippen LogP contribution in [-0.2, 0) is 12.7 Å². The van der Waals surface area contributed by atoms with Crippen LogP contribution in [0.5, 0.6) is 11.6 Å². The van der Waals surface area contributed by atoms with E-state index in [1.165, 1.54) is 6.07 Å². The lowest BCUT2D eigenvalue weighted by Gasteiger charge is -2.10. The second-order valence-electron chi connectivity index (χ2n) is 4.29. The molecule has 0 unspecified atom stereocenters. The van der Waals surface area contributed by atoms with Gasteiger partial charge >= 0.3 is 6.18 Å². The maximum absolute atomic E-state index is 12.4. The number of halogens is 3. The summed E-state index contributed by atoms with van der Waals surface area (Å²) in [6, 6.07) is 7.57. The first-order chi connectivity index (χ1) is 9.40. The second-order valence-corrected chi connectivity index (χ2v) is 4.29. The highest BCUT2D eigenvalue weighted by Gasteiger charge is 2.30. The van der Waals surface area contributed by atoms with Gasteiger partial charge in [-0.1, -0.05) is 12.1 Å². The Morgan fingerprint density at radius 1 is 1.20 bits per heavy atom. The quantitative estimate of drug-likeness (QED) is 0.934. The fraction of sp³-hybridized carbons (Fsp3) is 0.214. The third-order valence-electron chi connectivity index (χ3n) is 2.77. The summed E-state index contributed by atoms with van der Waals surface area (Å²) in [5, 5.41) is 0. The number of benzene rings is 1. The zero-order valence-corrected chi connectivity index (χ0v) is 10.7. The van der Waals surface area contributed by atoms with Gasteiger partial charge in [0.25, 0.3) is 0 Å². The Labute approximate surface area is 114 Å². The van der Waals surface area contributed by atoms with Gasteiger partial charge < -0.3 is 10.5 Å². The fourth-order valence-electron chi connectivity index (χ4n) is 1.60. The van der Waals surface area contributed by atoms with Gasteiger partial charge in [-0.3, -0.25) is 0 Å². The molecule has 106 valence electrons. The topological polar surface area (TPSA) is 48.1 Å². The molecule has 0 fully saturated rings. The molecule has 1 heterocycles. The highest BCUT2D eigenvalue weighted by Crippen LogP contribution is 2.30. The number of aromatic nitrogens is 1. The highest BCUT2D eigenvalue weighted by atomic mass is 19.4. The molecule has 2 aromatic rings. The summed E-state index contributed by atoms with van der Waals surface area (Å²) >= 11 is 0.